The number of amides is 2. The number of alkyl halides is 3. The van der Waals surface area contributed by atoms with Crippen molar-refractivity contribution >= 4 is 33.3 Å². The van der Waals surface area contributed by atoms with Gasteiger partial charge >= 0.3 is 18.2 Å². The molecule has 2 N–H and O–H groups in total. The van der Waals surface area contributed by atoms with Gasteiger partial charge in [-0.25, -0.2) is 17.9 Å². The zero-order valence-corrected chi connectivity index (χ0v) is 15.8. The molecule has 0 aromatic carbocycles. The van der Waals surface area contributed by atoms with Crippen molar-refractivity contribution in [3.8, 4) is 6.01 Å². The standard InChI is InChI=1S/C13H14F3N5O4S2/c1-4-7-5-26-6(2)8(7)27(23,24)21-11(22)19-10-17-9(13(14,15)16)18-12(20-10)25-3/h5H,4H2,1-3H3,(H2,17,18,19,20,21,22). The van der Waals surface area contributed by atoms with E-state index in [0.717, 1.165) is 7.11 Å². The van der Waals surface area contributed by atoms with Crippen molar-refractivity contribution in [1.82, 2.24) is 19.7 Å². The molecule has 2 aromatic rings. The molecule has 0 radical (unpaired) electrons. The summed E-state index contributed by atoms with van der Waals surface area (Å²) in [5.74, 6) is -2.42. The third-order valence-corrected chi connectivity index (χ3v) is 5.79. The van der Waals surface area contributed by atoms with Crippen molar-refractivity contribution in [3.63, 3.8) is 0 Å². The molecule has 0 aliphatic heterocycles. The van der Waals surface area contributed by atoms with E-state index in [-0.39, 0.29) is 4.90 Å². The molecule has 0 bridgehead atoms. The van der Waals surface area contributed by atoms with Gasteiger partial charge in [0.05, 0.1) is 7.11 Å². The van der Waals surface area contributed by atoms with E-state index in [2.05, 4.69) is 19.7 Å². The van der Waals surface area contributed by atoms with Gasteiger partial charge in [-0.05, 0) is 24.3 Å². The van der Waals surface area contributed by atoms with Crippen LogP contribution in [0.15, 0.2) is 10.3 Å². The maximum absolute atomic E-state index is 12.8. The number of hydrogen-bond donors (Lipinski definition) is 2. The highest BCUT2D eigenvalue weighted by atomic mass is 32.2. The van der Waals surface area contributed by atoms with Crippen LogP contribution in [-0.4, -0.2) is 36.5 Å². The molecule has 14 heteroatoms. The number of carbonyl (C=O) groups is 1. The number of ether oxygens (including phenoxy) is 1. The molecule has 0 unspecified atom stereocenters. The van der Waals surface area contributed by atoms with Gasteiger partial charge in [0, 0.05) is 4.88 Å². The second kappa shape index (κ2) is 7.64. The van der Waals surface area contributed by atoms with E-state index < -0.39 is 40.0 Å². The number of methoxy groups -OCH3 is 1. The van der Waals surface area contributed by atoms with Crippen molar-refractivity contribution in [2.24, 2.45) is 0 Å². The van der Waals surface area contributed by atoms with Crippen molar-refractivity contribution in [2.45, 2.75) is 31.3 Å². The van der Waals surface area contributed by atoms with Crippen LogP contribution in [0.5, 0.6) is 6.01 Å². The smallest absolute Gasteiger partial charge is 0.451 e. The largest absolute Gasteiger partial charge is 0.467 e. The number of aromatic nitrogens is 3. The zero-order valence-electron chi connectivity index (χ0n) is 14.2. The van der Waals surface area contributed by atoms with E-state index >= 15 is 0 Å². The minimum Gasteiger partial charge on any atom is -0.467 e. The van der Waals surface area contributed by atoms with E-state index in [0.29, 0.717) is 16.9 Å². The molecule has 9 nitrogen and oxygen atoms in total. The topological polar surface area (TPSA) is 123 Å². The normalized spacial score (nSPS) is 11.9. The third-order valence-electron chi connectivity index (χ3n) is 3.14. The summed E-state index contributed by atoms with van der Waals surface area (Å²) >= 11 is 1.20. The number of aryl methyl sites for hydroxylation is 2. The Labute approximate surface area is 156 Å². The second-order valence-electron chi connectivity index (χ2n) is 5.03. The number of nitrogens with one attached hydrogen (secondary N) is 2. The van der Waals surface area contributed by atoms with Crippen LogP contribution in [0.3, 0.4) is 0 Å². The SMILES string of the molecule is CCc1csc(C)c1S(=O)(=O)NC(=O)Nc1nc(OC)nc(C(F)(F)F)n1. The van der Waals surface area contributed by atoms with Crippen LogP contribution in [0, 0.1) is 6.92 Å². The lowest BCUT2D eigenvalue weighted by molar-refractivity contribution is -0.145. The molecule has 2 aromatic heterocycles. The highest BCUT2D eigenvalue weighted by Crippen LogP contribution is 2.28. The lowest BCUT2D eigenvalue weighted by Crippen LogP contribution is -2.35. The average Bonchev–Trinajstić information content (AvgIpc) is 2.94. The number of carbonyl (C=O) groups excluding carboxylic acids is 1. The maximum Gasteiger partial charge on any atom is 0.451 e. The van der Waals surface area contributed by atoms with Gasteiger partial charge in [0.15, 0.2) is 0 Å². The number of halogens is 3. The minimum atomic E-state index is -4.92. The molecule has 2 heterocycles. The predicted octanol–water partition coefficient (Wildman–Crippen LogP) is 2.34. The first kappa shape index (κ1) is 20.8. The van der Waals surface area contributed by atoms with Crippen molar-refractivity contribution in [1.29, 1.82) is 0 Å². The van der Waals surface area contributed by atoms with Crippen molar-refractivity contribution < 1.29 is 31.1 Å². The van der Waals surface area contributed by atoms with E-state index in [9.17, 15) is 26.4 Å². The van der Waals surface area contributed by atoms with Gasteiger partial charge in [-0.1, -0.05) is 6.92 Å². The number of rotatable bonds is 5. The molecule has 0 atom stereocenters. The van der Waals surface area contributed by atoms with Crippen LogP contribution in [0.4, 0.5) is 23.9 Å². The van der Waals surface area contributed by atoms with Crippen molar-refractivity contribution in [3.05, 3.63) is 21.6 Å². The molecule has 0 aliphatic rings. The molecular weight excluding hydrogens is 411 g/mol. The number of thiophene rings is 1. The first-order valence-electron chi connectivity index (χ1n) is 7.26. The monoisotopic (exact) mass is 425 g/mol. The average molecular weight is 425 g/mol. The lowest BCUT2D eigenvalue weighted by Gasteiger charge is -2.11. The Morgan fingerprint density at radius 2 is 1.96 bits per heavy atom. The van der Waals surface area contributed by atoms with Gasteiger partial charge in [0.1, 0.15) is 4.90 Å². The number of urea groups is 1. The van der Waals surface area contributed by atoms with E-state index in [1.54, 1.807) is 23.9 Å². The summed E-state index contributed by atoms with van der Waals surface area (Å²) < 4.78 is 69.4. The van der Waals surface area contributed by atoms with Crippen molar-refractivity contribution in [2.75, 3.05) is 12.4 Å². The first-order chi connectivity index (χ1) is 12.5. The van der Waals surface area contributed by atoms with Crippen LogP contribution in [0.2, 0.25) is 0 Å². The highest BCUT2D eigenvalue weighted by molar-refractivity contribution is 7.90. The minimum absolute atomic E-state index is 0.0469. The fourth-order valence-electron chi connectivity index (χ4n) is 2.03. The first-order valence-corrected chi connectivity index (χ1v) is 9.62. The molecule has 2 rings (SSSR count). The quantitative estimate of drug-likeness (QED) is 0.754. The Hall–Kier alpha value is -2.48. The van der Waals surface area contributed by atoms with Crippen LogP contribution >= 0.6 is 11.3 Å². The lowest BCUT2D eigenvalue weighted by atomic mass is 10.2. The summed E-state index contributed by atoms with van der Waals surface area (Å²) in [7, 11) is -3.22. The Bertz CT molecular complexity index is 959. The molecule has 0 fully saturated rings. The van der Waals surface area contributed by atoms with E-state index in [4.69, 9.17) is 0 Å². The van der Waals surface area contributed by atoms with Crippen LogP contribution in [-0.2, 0) is 22.6 Å². The maximum atomic E-state index is 12.8. The van der Waals surface area contributed by atoms with Gasteiger partial charge in [-0.3, -0.25) is 5.32 Å². The fraction of sp³-hybridized carbons (Fsp3) is 0.385. The number of sulfonamides is 1. The zero-order chi connectivity index (χ0) is 20.4. The Balaban J connectivity index is 2.26. The van der Waals surface area contributed by atoms with Gasteiger partial charge in [-0.15, -0.1) is 11.3 Å². The molecule has 27 heavy (non-hydrogen) atoms. The van der Waals surface area contributed by atoms with Gasteiger partial charge < -0.3 is 4.74 Å². The second-order valence-corrected chi connectivity index (χ2v) is 7.73. The number of nitrogens with zero attached hydrogens (tertiary/aromatic N) is 3. The van der Waals surface area contributed by atoms with Gasteiger partial charge in [0.25, 0.3) is 10.0 Å². The van der Waals surface area contributed by atoms with Crippen LogP contribution in [0.1, 0.15) is 23.2 Å². The van der Waals surface area contributed by atoms with Crippen LogP contribution < -0.4 is 14.8 Å². The Morgan fingerprint density at radius 3 is 2.52 bits per heavy atom. The summed E-state index contributed by atoms with van der Waals surface area (Å²) in [5, 5.41) is 3.48. The summed E-state index contributed by atoms with van der Waals surface area (Å²) in [4.78, 5) is 21.9. The van der Waals surface area contributed by atoms with Gasteiger partial charge in [-0.2, -0.15) is 28.1 Å². The predicted molar refractivity (Wildman–Crippen MR) is 89.2 cm³/mol. The number of anilines is 1. The third kappa shape index (κ3) is 4.82. The fourth-order valence-corrected chi connectivity index (χ4v) is 4.74. The molecule has 0 spiro atoms. The highest BCUT2D eigenvalue weighted by Gasteiger charge is 2.36. The summed E-state index contributed by atoms with van der Waals surface area (Å²) in [6.07, 6.45) is -4.50. The summed E-state index contributed by atoms with van der Waals surface area (Å²) in [5.41, 5.74) is 0.513. The molecule has 0 aliphatic carbocycles. The molecule has 2 amide bonds. The molecule has 0 saturated carbocycles. The van der Waals surface area contributed by atoms with Gasteiger partial charge in [0.2, 0.25) is 11.8 Å². The Morgan fingerprint density at radius 1 is 1.30 bits per heavy atom. The van der Waals surface area contributed by atoms with Crippen LogP contribution in [0.25, 0.3) is 0 Å². The van der Waals surface area contributed by atoms with E-state index in [1.165, 1.54) is 11.3 Å². The molecule has 0 saturated heterocycles. The molecule has 148 valence electrons. The Kier molecular flexibility index (Phi) is 5.89. The summed E-state index contributed by atoms with van der Waals surface area (Å²) in [6.45, 7) is 3.32. The molecular formula is C13H14F3N5O4S2. The summed E-state index contributed by atoms with van der Waals surface area (Å²) in [6, 6.07) is -2.03. The number of hydrogen-bond acceptors (Lipinski definition) is 8. The van der Waals surface area contributed by atoms with E-state index in [1.807, 2.05) is 5.32 Å².